The van der Waals surface area contributed by atoms with Crippen LogP contribution in [0.5, 0.6) is 0 Å². The van der Waals surface area contributed by atoms with Gasteiger partial charge in [0, 0.05) is 5.38 Å². The minimum Gasteiger partial charge on any atom is -0.302 e. The molecule has 1 aliphatic rings. The Morgan fingerprint density at radius 2 is 2.14 bits per heavy atom. The van der Waals surface area contributed by atoms with E-state index in [9.17, 15) is 0 Å². The molecule has 0 aliphatic heterocycles. The quantitative estimate of drug-likeness (QED) is 0.882. The van der Waals surface area contributed by atoms with Gasteiger partial charge < -0.3 is 5.32 Å². The maximum atomic E-state index is 4.97. The summed E-state index contributed by atoms with van der Waals surface area (Å²) >= 11 is 1.81. The monoisotopic (exact) mass is 300 g/mol. The smallest absolute Gasteiger partial charge is 0.118 e. The molecule has 0 spiro atoms. The van der Waals surface area contributed by atoms with Crippen LogP contribution in [0.25, 0.3) is 0 Å². The molecule has 0 amide bonds. The largest absolute Gasteiger partial charge is 0.302 e. The van der Waals surface area contributed by atoms with Crippen molar-refractivity contribution in [2.24, 2.45) is 0 Å². The zero-order chi connectivity index (χ0) is 14.9. The molecule has 1 unspecified atom stereocenters. The number of rotatable bonds is 5. The molecule has 1 aromatic carbocycles. The second-order valence-corrected chi connectivity index (χ2v) is 7.08. The lowest BCUT2D eigenvalue weighted by Crippen LogP contribution is -2.42. The summed E-state index contributed by atoms with van der Waals surface area (Å²) in [6.07, 6.45) is 3.41. The van der Waals surface area contributed by atoms with E-state index in [1.165, 1.54) is 21.8 Å². The number of hydrogen-bond acceptors (Lipinski definition) is 3. The molecular weight excluding hydrogens is 276 g/mol. The van der Waals surface area contributed by atoms with Crippen LogP contribution in [-0.4, -0.2) is 11.5 Å². The summed E-state index contributed by atoms with van der Waals surface area (Å²) in [7, 11) is 0. The number of hydrogen-bond donors (Lipinski definition) is 1. The molecule has 21 heavy (non-hydrogen) atoms. The van der Waals surface area contributed by atoms with E-state index in [0.717, 1.165) is 25.8 Å². The Balaban J connectivity index is 2.06. The van der Waals surface area contributed by atoms with E-state index < -0.39 is 0 Å². The normalized spacial score (nSPS) is 21.0. The maximum Gasteiger partial charge on any atom is 0.118 e. The van der Waals surface area contributed by atoms with Crippen molar-refractivity contribution in [3.63, 3.8) is 0 Å². The number of nitrogens with zero attached hydrogens (tertiary/aromatic N) is 1. The highest BCUT2D eigenvalue weighted by atomic mass is 32.1. The van der Waals surface area contributed by atoms with Crippen molar-refractivity contribution in [1.82, 2.24) is 10.3 Å². The van der Waals surface area contributed by atoms with Gasteiger partial charge in [0.05, 0.1) is 11.2 Å². The molecule has 1 heterocycles. The van der Waals surface area contributed by atoms with Crippen LogP contribution in [0.4, 0.5) is 0 Å². The molecule has 3 heteroatoms. The van der Waals surface area contributed by atoms with Crippen LogP contribution in [0.2, 0.25) is 0 Å². The van der Waals surface area contributed by atoms with Gasteiger partial charge in [-0.05, 0) is 42.9 Å². The van der Waals surface area contributed by atoms with Crippen LogP contribution >= 0.6 is 11.3 Å². The van der Waals surface area contributed by atoms with Crippen LogP contribution < -0.4 is 5.32 Å². The van der Waals surface area contributed by atoms with Crippen LogP contribution in [-0.2, 0) is 12.0 Å². The molecule has 0 bridgehead atoms. The highest BCUT2D eigenvalue weighted by molar-refractivity contribution is 7.09. The van der Waals surface area contributed by atoms with E-state index in [4.69, 9.17) is 4.98 Å². The second kappa shape index (κ2) is 5.90. The number of fused-ring (bicyclic) bond motifs is 1. The average molecular weight is 300 g/mol. The van der Waals surface area contributed by atoms with Crippen molar-refractivity contribution in [3.8, 4) is 0 Å². The average Bonchev–Trinajstić information content (AvgIpc) is 3.11. The fourth-order valence-corrected chi connectivity index (χ4v) is 4.38. The van der Waals surface area contributed by atoms with E-state index in [0.29, 0.717) is 5.92 Å². The molecule has 0 saturated carbocycles. The number of benzene rings is 1. The first-order valence-electron chi connectivity index (χ1n) is 7.96. The van der Waals surface area contributed by atoms with Crippen LogP contribution in [0, 0.1) is 0 Å². The zero-order valence-corrected chi connectivity index (χ0v) is 14.0. The molecule has 1 atom stereocenters. The molecule has 1 aliphatic carbocycles. The number of nitrogens with one attached hydrogen (secondary N) is 1. The van der Waals surface area contributed by atoms with E-state index in [2.05, 4.69) is 55.7 Å². The van der Waals surface area contributed by atoms with Crippen LogP contribution in [0.1, 0.15) is 61.4 Å². The third kappa shape index (κ3) is 2.53. The van der Waals surface area contributed by atoms with E-state index >= 15 is 0 Å². The van der Waals surface area contributed by atoms with Crippen molar-refractivity contribution < 1.29 is 0 Å². The minimum atomic E-state index is -0.0651. The summed E-state index contributed by atoms with van der Waals surface area (Å²) < 4.78 is 0. The number of aromatic nitrogens is 1. The standard InChI is InChI=1S/C18H24N2S/c1-4-11-19-18(17-20-16(12-21-17)13(2)3)10-9-14-7-5-6-8-15(14)18/h5-8,12-13,19H,4,9-11H2,1-3H3. The molecule has 112 valence electrons. The topological polar surface area (TPSA) is 24.9 Å². The van der Waals surface area contributed by atoms with Crippen molar-refractivity contribution in [3.05, 3.63) is 51.5 Å². The van der Waals surface area contributed by atoms with Gasteiger partial charge >= 0.3 is 0 Å². The highest BCUT2D eigenvalue weighted by Gasteiger charge is 2.42. The summed E-state index contributed by atoms with van der Waals surface area (Å²) in [5, 5.41) is 7.29. The minimum absolute atomic E-state index is 0.0651. The number of aryl methyl sites for hydroxylation is 1. The third-order valence-corrected chi connectivity index (χ3v) is 5.42. The molecule has 2 nitrogen and oxygen atoms in total. The summed E-state index contributed by atoms with van der Waals surface area (Å²) in [4.78, 5) is 4.97. The molecule has 0 fully saturated rings. The Hall–Kier alpha value is -1.19. The van der Waals surface area contributed by atoms with Crippen molar-refractivity contribution in [2.45, 2.75) is 51.5 Å². The van der Waals surface area contributed by atoms with Gasteiger partial charge in [0.15, 0.2) is 0 Å². The molecule has 3 rings (SSSR count). The van der Waals surface area contributed by atoms with E-state index in [-0.39, 0.29) is 5.54 Å². The first-order chi connectivity index (χ1) is 10.2. The first kappa shape index (κ1) is 14.7. The lowest BCUT2D eigenvalue weighted by atomic mass is 9.92. The van der Waals surface area contributed by atoms with Gasteiger partial charge in [-0.15, -0.1) is 11.3 Å². The zero-order valence-electron chi connectivity index (χ0n) is 13.1. The Kier molecular flexibility index (Phi) is 4.14. The van der Waals surface area contributed by atoms with Crippen molar-refractivity contribution >= 4 is 11.3 Å². The molecule has 2 aromatic rings. The predicted octanol–water partition coefficient (Wildman–Crippen LogP) is 4.46. The summed E-state index contributed by atoms with van der Waals surface area (Å²) in [6, 6.07) is 8.85. The van der Waals surface area contributed by atoms with E-state index in [1.807, 2.05) is 11.3 Å². The van der Waals surface area contributed by atoms with Crippen LogP contribution in [0.15, 0.2) is 29.6 Å². The van der Waals surface area contributed by atoms with Gasteiger partial charge in [0.2, 0.25) is 0 Å². The fourth-order valence-electron chi connectivity index (χ4n) is 3.18. The van der Waals surface area contributed by atoms with Crippen molar-refractivity contribution in [2.75, 3.05) is 6.54 Å². The molecule has 0 saturated heterocycles. The Labute approximate surface area is 131 Å². The Morgan fingerprint density at radius 3 is 2.86 bits per heavy atom. The fraction of sp³-hybridized carbons (Fsp3) is 0.500. The van der Waals surface area contributed by atoms with Gasteiger partial charge in [-0.2, -0.15) is 0 Å². The van der Waals surface area contributed by atoms with Gasteiger partial charge in [0.1, 0.15) is 5.01 Å². The van der Waals surface area contributed by atoms with E-state index in [1.54, 1.807) is 0 Å². The second-order valence-electron chi connectivity index (χ2n) is 6.22. The molecule has 1 N–H and O–H groups in total. The Bertz CT molecular complexity index is 617. The first-order valence-corrected chi connectivity index (χ1v) is 8.84. The molecule has 1 aromatic heterocycles. The van der Waals surface area contributed by atoms with Crippen LogP contribution in [0.3, 0.4) is 0 Å². The molecular formula is C18H24N2S. The lowest BCUT2D eigenvalue weighted by molar-refractivity contribution is 0.396. The van der Waals surface area contributed by atoms with Gasteiger partial charge in [-0.3, -0.25) is 0 Å². The summed E-state index contributed by atoms with van der Waals surface area (Å²) in [5.41, 5.74) is 4.06. The lowest BCUT2D eigenvalue weighted by Gasteiger charge is -2.30. The Morgan fingerprint density at radius 1 is 1.33 bits per heavy atom. The summed E-state index contributed by atoms with van der Waals surface area (Å²) in [6.45, 7) is 7.69. The molecule has 0 radical (unpaired) electrons. The summed E-state index contributed by atoms with van der Waals surface area (Å²) in [5.74, 6) is 0.495. The van der Waals surface area contributed by atoms with Gasteiger partial charge in [-0.25, -0.2) is 4.98 Å². The van der Waals surface area contributed by atoms with Gasteiger partial charge in [0.25, 0.3) is 0 Å². The SMILES string of the molecule is CCCNC1(c2nc(C(C)C)cs2)CCc2ccccc21. The maximum absolute atomic E-state index is 4.97. The highest BCUT2D eigenvalue weighted by Crippen LogP contribution is 2.43. The van der Waals surface area contributed by atoms with Crippen molar-refractivity contribution in [1.29, 1.82) is 0 Å². The van der Waals surface area contributed by atoms with Gasteiger partial charge in [-0.1, -0.05) is 45.0 Å². The third-order valence-electron chi connectivity index (χ3n) is 4.40. The predicted molar refractivity (Wildman–Crippen MR) is 90.0 cm³/mol. The number of thiazole rings is 1.